The highest BCUT2D eigenvalue weighted by Gasteiger charge is 2.17. The highest BCUT2D eigenvalue weighted by Crippen LogP contribution is 2.12. The Morgan fingerprint density at radius 2 is 1.50 bits per heavy atom. The summed E-state index contributed by atoms with van der Waals surface area (Å²) in [6.45, 7) is 10.8. The minimum absolute atomic E-state index is 0.337. The Bertz CT molecular complexity index is 186. The summed E-state index contributed by atoms with van der Waals surface area (Å²) < 4.78 is 0. The van der Waals surface area contributed by atoms with E-state index in [0.29, 0.717) is 11.6 Å². The van der Waals surface area contributed by atoms with E-state index < -0.39 is 0 Å². The van der Waals surface area contributed by atoms with Crippen molar-refractivity contribution in [3.63, 3.8) is 0 Å². The molecule has 0 aliphatic carbocycles. The molecule has 3 nitrogen and oxygen atoms in total. The molecule has 0 aromatic heterocycles. The standard InChI is InChI=1S/C9H16N3/c1-4-7(10)6(3)9(12)8(11)5-2/h4-5,7-8H,1-3,10-12H2. The fourth-order valence-electron chi connectivity index (χ4n) is 0.676. The molecular formula is C9H16N3. The lowest BCUT2D eigenvalue weighted by Gasteiger charge is -2.20. The van der Waals surface area contributed by atoms with Gasteiger partial charge in [-0.25, -0.2) is 0 Å². The van der Waals surface area contributed by atoms with E-state index in [-0.39, 0.29) is 12.1 Å². The lowest BCUT2D eigenvalue weighted by atomic mass is 9.96. The van der Waals surface area contributed by atoms with E-state index in [0.717, 1.165) is 0 Å². The van der Waals surface area contributed by atoms with Crippen LogP contribution in [0.1, 0.15) is 0 Å². The third kappa shape index (κ3) is 2.62. The first-order chi connectivity index (χ1) is 5.54. The minimum Gasteiger partial charge on any atom is -0.323 e. The van der Waals surface area contributed by atoms with Crippen LogP contribution in [0.4, 0.5) is 0 Å². The lowest BCUT2D eigenvalue weighted by Crippen LogP contribution is -2.38. The molecule has 6 N–H and O–H groups in total. The van der Waals surface area contributed by atoms with Crippen LogP contribution in [0.15, 0.2) is 37.5 Å². The summed E-state index contributed by atoms with van der Waals surface area (Å²) in [6.07, 6.45) is 3.10. The van der Waals surface area contributed by atoms with Crippen LogP contribution < -0.4 is 17.2 Å². The fourth-order valence-corrected chi connectivity index (χ4v) is 0.676. The maximum absolute atomic E-state index is 5.64. The molecule has 12 heavy (non-hydrogen) atoms. The van der Waals surface area contributed by atoms with Crippen LogP contribution in [0.5, 0.6) is 0 Å². The maximum atomic E-state index is 5.64. The van der Waals surface area contributed by atoms with Crippen molar-refractivity contribution < 1.29 is 0 Å². The summed E-state index contributed by atoms with van der Waals surface area (Å²) in [7, 11) is 0. The van der Waals surface area contributed by atoms with Crippen molar-refractivity contribution in [2.24, 2.45) is 17.2 Å². The van der Waals surface area contributed by atoms with Crippen LogP contribution in [-0.2, 0) is 0 Å². The number of rotatable bonds is 5. The van der Waals surface area contributed by atoms with Crippen molar-refractivity contribution in [2.45, 2.75) is 12.1 Å². The molecule has 0 aromatic rings. The molecule has 2 unspecified atom stereocenters. The second-order valence-electron chi connectivity index (χ2n) is 2.50. The third-order valence-electron chi connectivity index (χ3n) is 1.64. The van der Waals surface area contributed by atoms with Gasteiger partial charge in [0.2, 0.25) is 0 Å². The van der Waals surface area contributed by atoms with Gasteiger partial charge in [-0.15, -0.1) is 13.2 Å². The molecule has 0 fully saturated rings. The molecule has 0 aliphatic heterocycles. The topological polar surface area (TPSA) is 78.1 Å². The van der Waals surface area contributed by atoms with Gasteiger partial charge < -0.3 is 17.2 Å². The summed E-state index contributed by atoms with van der Waals surface area (Å²) in [6, 6.07) is -0.267. The molecule has 1 radical (unpaired) electrons. The Labute approximate surface area is 73.6 Å². The zero-order valence-corrected chi connectivity index (χ0v) is 7.16. The highest BCUT2D eigenvalue weighted by atomic mass is 14.8. The molecule has 3 heteroatoms. The van der Waals surface area contributed by atoms with Crippen LogP contribution in [0, 0.1) is 6.04 Å². The molecule has 0 spiro atoms. The van der Waals surface area contributed by atoms with Crippen molar-refractivity contribution in [3.05, 3.63) is 43.5 Å². The smallest absolute Gasteiger partial charge is 0.0814 e. The highest BCUT2D eigenvalue weighted by molar-refractivity contribution is 5.32. The first-order valence-corrected chi connectivity index (χ1v) is 3.62. The van der Waals surface area contributed by atoms with Gasteiger partial charge in [0.05, 0.1) is 6.04 Å². The Morgan fingerprint density at radius 3 is 1.83 bits per heavy atom. The van der Waals surface area contributed by atoms with Crippen molar-refractivity contribution in [2.75, 3.05) is 0 Å². The van der Waals surface area contributed by atoms with Gasteiger partial charge in [-0.3, -0.25) is 0 Å². The molecule has 0 aromatic carbocycles. The fraction of sp³-hybridized carbons (Fsp3) is 0.222. The summed E-state index contributed by atoms with van der Waals surface area (Å²) >= 11 is 0. The molecule has 67 valence electrons. The van der Waals surface area contributed by atoms with Crippen molar-refractivity contribution >= 4 is 0 Å². The van der Waals surface area contributed by atoms with Gasteiger partial charge in [0.15, 0.2) is 0 Å². The van der Waals surface area contributed by atoms with E-state index in [2.05, 4.69) is 19.7 Å². The van der Waals surface area contributed by atoms with Crippen LogP contribution in [-0.4, -0.2) is 12.1 Å². The molecule has 0 saturated heterocycles. The Balaban J connectivity index is 4.27. The van der Waals surface area contributed by atoms with Crippen molar-refractivity contribution in [1.82, 2.24) is 0 Å². The van der Waals surface area contributed by atoms with Crippen molar-refractivity contribution in [3.8, 4) is 0 Å². The molecule has 0 amide bonds. The Hall–Kier alpha value is -0.900. The molecular weight excluding hydrogens is 150 g/mol. The van der Waals surface area contributed by atoms with E-state index in [9.17, 15) is 0 Å². The summed E-state index contributed by atoms with van der Waals surface area (Å²) in [5.41, 5.74) is 17.4. The molecule has 0 heterocycles. The quantitative estimate of drug-likeness (QED) is 0.505. The van der Waals surface area contributed by atoms with Gasteiger partial charge in [-0.2, -0.15) is 0 Å². The monoisotopic (exact) mass is 166 g/mol. The normalized spacial score (nSPS) is 15.3. The van der Waals surface area contributed by atoms with E-state index in [4.69, 9.17) is 17.2 Å². The number of hydrogen-bond acceptors (Lipinski definition) is 3. The minimum atomic E-state index is -0.386. The van der Waals surface area contributed by atoms with E-state index in [1.807, 2.05) is 0 Å². The van der Waals surface area contributed by atoms with Crippen LogP contribution in [0.2, 0.25) is 0 Å². The zero-order chi connectivity index (χ0) is 9.72. The van der Waals surface area contributed by atoms with Gasteiger partial charge in [-0.1, -0.05) is 18.7 Å². The van der Waals surface area contributed by atoms with E-state index >= 15 is 0 Å². The van der Waals surface area contributed by atoms with Gasteiger partial charge in [0.25, 0.3) is 0 Å². The Morgan fingerprint density at radius 1 is 1.08 bits per heavy atom. The molecule has 0 saturated carbocycles. The molecule has 0 rings (SSSR count). The predicted molar refractivity (Wildman–Crippen MR) is 52.9 cm³/mol. The number of hydrogen-bond donors (Lipinski definition) is 3. The summed E-state index contributed by atoms with van der Waals surface area (Å²) in [5.74, 6) is 0. The van der Waals surface area contributed by atoms with E-state index in [1.165, 1.54) is 6.08 Å². The van der Waals surface area contributed by atoms with Gasteiger partial charge >= 0.3 is 0 Å². The molecule has 0 bridgehead atoms. The first-order valence-electron chi connectivity index (χ1n) is 3.62. The summed E-state index contributed by atoms with van der Waals surface area (Å²) in [4.78, 5) is 0. The van der Waals surface area contributed by atoms with Gasteiger partial charge in [-0.05, 0) is 5.57 Å². The number of nitrogens with two attached hydrogens (primary N) is 3. The van der Waals surface area contributed by atoms with Gasteiger partial charge in [0, 0.05) is 12.1 Å². The second kappa shape index (κ2) is 4.87. The SMILES string of the molecule is C=CC(N)[C](N)C(=C)C(N)C=C. The average Bonchev–Trinajstić information content (AvgIpc) is 2.12. The molecule has 0 aliphatic rings. The third-order valence-corrected chi connectivity index (χ3v) is 1.64. The van der Waals surface area contributed by atoms with E-state index in [1.54, 1.807) is 6.08 Å². The van der Waals surface area contributed by atoms with Gasteiger partial charge in [0.1, 0.15) is 0 Å². The van der Waals surface area contributed by atoms with Crippen molar-refractivity contribution in [1.29, 1.82) is 0 Å². The zero-order valence-electron chi connectivity index (χ0n) is 7.16. The Kier molecular flexibility index (Phi) is 4.51. The predicted octanol–water partition coefficient (Wildman–Crippen LogP) is 0.0599. The van der Waals surface area contributed by atoms with Crippen LogP contribution in [0.25, 0.3) is 0 Å². The molecule has 2 atom stereocenters. The van der Waals surface area contributed by atoms with Crippen LogP contribution in [0.3, 0.4) is 0 Å². The first kappa shape index (κ1) is 11.1. The van der Waals surface area contributed by atoms with Crippen LogP contribution >= 0.6 is 0 Å². The summed E-state index contributed by atoms with van der Waals surface area (Å²) in [5, 5.41) is 0. The lowest BCUT2D eigenvalue weighted by molar-refractivity contribution is 0.772. The average molecular weight is 166 g/mol. The largest absolute Gasteiger partial charge is 0.323 e. The second-order valence-corrected chi connectivity index (χ2v) is 2.50. The maximum Gasteiger partial charge on any atom is 0.0814 e.